The molecular weight excluding hydrogens is 418 g/mol. The molecule has 0 saturated carbocycles. The number of benzene rings is 1. The molecule has 11 heteroatoms. The molecule has 2 fully saturated rings. The van der Waals surface area contributed by atoms with Gasteiger partial charge in [0.15, 0.2) is 0 Å². The van der Waals surface area contributed by atoms with Crippen LogP contribution in [-0.4, -0.2) is 121 Å². The fraction of sp³-hybridized carbons (Fsp3) is 0.524. The molecule has 0 aromatic heterocycles. The van der Waals surface area contributed by atoms with E-state index < -0.39 is 18.2 Å². The monoisotopic (exact) mass is 446 g/mol. The van der Waals surface area contributed by atoms with Gasteiger partial charge in [-0.2, -0.15) is 0 Å². The van der Waals surface area contributed by atoms with Gasteiger partial charge < -0.3 is 19.3 Å². The highest BCUT2D eigenvalue weighted by molar-refractivity contribution is 6.25. The Morgan fingerprint density at radius 1 is 1.16 bits per heavy atom. The summed E-state index contributed by atoms with van der Waals surface area (Å²) in [7, 11) is 4.64. The van der Waals surface area contributed by atoms with Crippen molar-refractivity contribution < 1.29 is 33.5 Å². The van der Waals surface area contributed by atoms with E-state index in [-0.39, 0.29) is 19.1 Å². The number of carbonyl (C=O) groups is 2. The molecule has 1 aromatic carbocycles. The summed E-state index contributed by atoms with van der Waals surface area (Å²) in [6, 6.07) is 5.85. The highest BCUT2D eigenvalue weighted by Gasteiger charge is 2.55. The van der Waals surface area contributed by atoms with E-state index in [9.17, 15) is 14.7 Å². The lowest BCUT2D eigenvalue weighted by Gasteiger charge is -2.33. The summed E-state index contributed by atoms with van der Waals surface area (Å²) in [6.45, 7) is 2.43. The minimum Gasteiger partial charge on any atom is -0.497 e. The Labute approximate surface area is 186 Å². The van der Waals surface area contributed by atoms with E-state index in [1.54, 1.807) is 43.3 Å². The molecule has 3 heterocycles. The molecule has 3 aliphatic heterocycles. The zero-order chi connectivity index (χ0) is 22.8. The number of aliphatic hydroxyl groups excluding tert-OH is 1. The number of amides is 3. The van der Waals surface area contributed by atoms with Gasteiger partial charge in [-0.25, -0.2) is 9.69 Å². The van der Waals surface area contributed by atoms with E-state index in [4.69, 9.17) is 14.2 Å². The number of nitrogens with zero attached hydrogens (tertiary/aromatic N) is 5. The molecule has 2 atom stereocenters. The van der Waals surface area contributed by atoms with E-state index in [0.29, 0.717) is 49.6 Å². The summed E-state index contributed by atoms with van der Waals surface area (Å²) in [4.78, 5) is 34.3. The van der Waals surface area contributed by atoms with Crippen LogP contribution in [0.3, 0.4) is 0 Å². The molecule has 4 rings (SSSR count). The highest BCUT2D eigenvalue weighted by Crippen LogP contribution is 2.24. The van der Waals surface area contributed by atoms with Crippen molar-refractivity contribution in [2.75, 3.05) is 60.7 Å². The molecule has 0 radical (unpaired) electrons. The van der Waals surface area contributed by atoms with Gasteiger partial charge in [-0.05, 0) is 24.3 Å². The Kier molecular flexibility index (Phi) is 6.28. The van der Waals surface area contributed by atoms with Crippen LogP contribution in [-0.2, 0) is 9.53 Å². The first-order valence-electron chi connectivity index (χ1n) is 10.5. The number of imide groups is 1. The van der Waals surface area contributed by atoms with E-state index in [1.807, 2.05) is 4.58 Å². The molecule has 172 valence electrons. The number of β-amino-alcohol motifs (C(OH)–C–C–N with tert-alkyl or cyclic N) is 1. The van der Waals surface area contributed by atoms with Crippen LogP contribution in [0.25, 0.3) is 0 Å². The molecule has 0 bridgehead atoms. The van der Waals surface area contributed by atoms with Crippen molar-refractivity contribution in [3.63, 3.8) is 0 Å². The SMILES string of the molecule is COc1ccc(OCC(O)CN2C(=[N+]3CCOCC3)N=C3C2C(=O)N(C)C(=O)N3C)cc1. The average Bonchev–Trinajstić information content (AvgIpc) is 3.20. The first kappa shape index (κ1) is 22.0. The van der Waals surface area contributed by atoms with Gasteiger partial charge in [0.1, 0.15) is 24.2 Å². The normalized spacial score (nSPS) is 22.2. The summed E-state index contributed by atoms with van der Waals surface area (Å²) in [5.74, 6) is 1.85. The number of methoxy groups -OCH3 is 1. The van der Waals surface area contributed by atoms with Crippen molar-refractivity contribution in [3.05, 3.63) is 24.3 Å². The Bertz CT molecular complexity index is 939. The number of aliphatic imine (C=N–C) groups is 1. The maximum atomic E-state index is 13.0. The van der Waals surface area contributed by atoms with Crippen LogP contribution in [0.1, 0.15) is 0 Å². The summed E-state index contributed by atoms with van der Waals surface area (Å²) in [5.41, 5.74) is 0. The first-order valence-corrected chi connectivity index (χ1v) is 10.5. The summed E-state index contributed by atoms with van der Waals surface area (Å²) in [5, 5.41) is 10.7. The maximum Gasteiger partial charge on any atom is 0.392 e. The number of likely N-dealkylation sites (N-methyl/N-ethyl adjacent to an activating group) is 2. The first-order chi connectivity index (χ1) is 15.4. The van der Waals surface area contributed by atoms with Gasteiger partial charge in [-0.15, -0.1) is 0 Å². The fourth-order valence-corrected chi connectivity index (χ4v) is 3.93. The van der Waals surface area contributed by atoms with Gasteiger partial charge in [0.2, 0.25) is 11.9 Å². The van der Waals surface area contributed by atoms with Crippen molar-refractivity contribution in [1.82, 2.24) is 14.7 Å². The predicted octanol–water partition coefficient (Wildman–Crippen LogP) is -0.560. The molecule has 2 unspecified atom stereocenters. The van der Waals surface area contributed by atoms with Crippen molar-refractivity contribution >= 4 is 23.7 Å². The third-order valence-electron chi connectivity index (χ3n) is 5.71. The van der Waals surface area contributed by atoms with Crippen molar-refractivity contribution in [2.24, 2.45) is 4.99 Å². The van der Waals surface area contributed by atoms with Crippen LogP contribution in [0.2, 0.25) is 0 Å². The quantitative estimate of drug-likeness (QED) is 0.584. The molecule has 0 aliphatic carbocycles. The van der Waals surface area contributed by atoms with E-state index in [2.05, 4.69) is 4.99 Å². The molecular formula is C21H28N5O6+. The topological polar surface area (TPSA) is 107 Å². The van der Waals surface area contributed by atoms with Crippen LogP contribution in [0.5, 0.6) is 11.5 Å². The van der Waals surface area contributed by atoms with Crippen molar-refractivity contribution in [3.8, 4) is 11.5 Å². The molecule has 2 saturated heterocycles. The van der Waals surface area contributed by atoms with Crippen LogP contribution in [0.15, 0.2) is 29.3 Å². The average molecular weight is 446 g/mol. The fourth-order valence-electron chi connectivity index (χ4n) is 3.93. The van der Waals surface area contributed by atoms with Crippen LogP contribution < -0.4 is 9.47 Å². The second kappa shape index (κ2) is 9.13. The Morgan fingerprint density at radius 3 is 2.47 bits per heavy atom. The molecule has 3 aliphatic rings. The summed E-state index contributed by atoms with van der Waals surface area (Å²) in [6.07, 6.45) is -0.899. The summed E-state index contributed by atoms with van der Waals surface area (Å²) >= 11 is 0. The predicted molar refractivity (Wildman–Crippen MR) is 114 cm³/mol. The van der Waals surface area contributed by atoms with Gasteiger partial charge in [-0.1, -0.05) is 4.99 Å². The lowest BCUT2D eigenvalue weighted by molar-refractivity contribution is -0.554. The number of fused-ring (bicyclic) bond motifs is 1. The number of hydrogen-bond acceptors (Lipinski definition) is 6. The molecule has 0 spiro atoms. The zero-order valence-electron chi connectivity index (χ0n) is 18.4. The largest absolute Gasteiger partial charge is 0.497 e. The minimum atomic E-state index is -0.899. The smallest absolute Gasteiger partial charge is 0.392 e. The van der Waals surface area contributed by atoms with Gasteiger partial charge in [-0.3, -0.25) is 19.2 Å². The van der Waals surface area contributed by atoms with E-state index >= 15 is 0 Å². The van der Waals surface area contributed by atoms with Gasteiger partial charge in [0.25, 0.3) is 5.91 Å². The highest BCUT2D eigenvalue weighted by atomic mass is 16.5. The Morgan fingerprint density at radius 2 is 1.81 bits per heavy atom. The zero-order valence-corrected chi connectivity index (χ0v) is 18.4. The molecule has 1 aromatic rings. The van der Waals surface area contributed by atoms with Crippen molar-refractivity contribution in [2.45, 2.75) is 12.1 Å². The molecule has 11 nitrogen and oxygen atoms in total. The lowest BCUT2D eigenvalue weighted by atomic mass is 10.1. The molecule has 3 amide bonds. The van der Waals surface area contributed by atoms with Gasteiger partial charge >= 0.3 is 12.0 Å². The summed E-state index contributed by atoms with van der Waals surface area (Å²) < 4.78 is 18.3. The molecule has 1 N–H and O–H groups in total. The minimum absolute atomic E-state index is 0.0279. The number of hydrogen-bond donors (Lipinski definition) is 1. The van der Waals surface area contributed by atoms with E-state index in [1.165, 1.54) is 11.9 Å². The number of ether oxygens (including phenoxy) is 3. The number of urea groups is 1. The third-order valence-corrected chi connectivity index (χ3v) is 5.71. The van der Waals surface area contributed by atoms with Gasteiger partial charge in [0, 0.05) is 14.1 Å². The second-order valence-electron chi connectivity index (χ2n) is 7.80. The number of rotatable bonds is 6. The third kappa shape index (κ3) is 4.13. The Balaban J connectivity index is 1.54. The number of amidine groups is 1. The van der Waals surface area contributed by atoms with E-state index in [0.717, 1.165) is 4.90 Å². The van der Waals surface area contributed by atoms with Crippen molar-refractivity contribution in [1.29, 1.82) is 0 Å². The number of morpholine rings is 1. The second-order valence-corrected chi connectivity index (χ2v) is 7.80. The number of carbonyl (C=O) groups excluding carboxylic acids is 2. The Hall–Kier alpha value is -3.18. The van der Waals surface area contributed by atoms with Gasteiger partial charge in [0.05, 0.1) is 40.0 Å². The molecule has 32 heavy (non-hydrogen) atoms. The van der Waals surface area contributed by atoms with Crippen LogP contribution in [0.4, 0.5) is 4.79 Å². The number of guanidine groups is 1. The number of aliphatic hydroxyl groups is 1. The maximum absolute atomic E-state index is 13.0. The standard InChI is InChI=1S/C21H28N5O6/c1-23-18-17(19(28)24(2)21(23)29)26(20(22-18)25-8-10-31-11-9-25)12-14(27)13-32-16-6-4-15(30-3)5-7-16/h4-7,14,17,27H,8-13H2,1-3H3/q+1. The lowest BCUT2D eigenvalue weighted by Crippen LogP contribution is -2.63. The van der Waals surface area contributed by atoms with Crippen LogP contribution >= 0.6 is 0 Å². The van der Waals surface area contributed by atoms with Crippen LogP contribution in [0, 0.1) is 0 Å².